The van der Waals surface area contributed by atoms with E-state index in [1.807, 2.05) is 0 Å². The van der Waals surface area contributed by atoms with Gasteiger partial charge in [-0.05, 0) is 36.4 Å². The van der Waals surface area contributed by atoms with Crippen molar-refractivity contribution < 1.29 is 24.0 Å². The number of nitrogens with two attached hydrogens (primary N) is 1. The number of H-pyrrole nitrogens is 1. The maximum absolute atomic E-state index is 13.2. The van der Waals surface area contributed by atoms with E-state index in [2.05, 4.69) is 15.5 Å². The summed E-state index contributed by atoms with van der Waals surface area (Å²) in [6.45, 7) is 0.344. The fraction of sp³-hybridized carbons (Fsp3) is 0.182. The van der Waals surface area contributed by atoms with Crippen molar-refractivity contribution in [1.82, 2.24) is 10.1 Å². The maximum Gasteiger partial charge on any atom is 0.259 e. The Hall–Kier alpha value is -4.22. The molecular weight excluding hydrogens is 430 g/mol. The fourth-order valence-electron chi connectivity index (χ4n) is 3.87. The molecule has 3 heterocycles. The van der Waals surface area contributed by atoms with E-state index in [0.717, 1.165) is 0 Å². The number of pyridine rings is 1. The zero-order chi connectivity index (χ0) is 23.1. The minimum absolute atomic E-state index is 0.116. The zero-order valence-corrected chi connectivity index (χ0v) is 17.1. The smallest absolute Gasteiger partial charge is 0.259 e. The molecule has 1 aliphatic heterocycles. The SMILES string of the molecule is Nc1onc2cc(NC(=O)[C@H](O)[C@H]3OCCN(c4cccc5[nH]c(=O)ccc45)C3=O)ccc12. The molecule has 1 saturated heterocycles. The van der Waals surface area contributed by atoms with Crippen LogP contribution in [0.4, 0.5) is 17.3 Å². The molecule has 11 nitrogen and oxygen atoms in total. The highest BCUT2D eigenvalue weighted by Gasteiger charge is 2.39. The first-order valence-corrected chi connectivity index (χ1v) is 10.1. The summed E-state index contributed by atoms with van der Waals surface area (Å²) in [4.78, 5) is 41.6. The molecule has 5 N–H and O–H groups in total. The van der Waals surface area contributed by atoms with Gasteiger partial charge < -0.3 is 35.3 Å². The monoisotopic (exact) mass is 449 g/mol. The van der Waals surface area contributed by atoms with Gasteiger partial charge in [0.05, 0.1) is 23.2 Å². The lowest BCUT2D eigenvalue weighted by Crippen LogP contribution is -2.55. The van der Waals surface area contributed by atoms with E-state index in [4.69, 9.17) is 15.0 Å². The predicted octanol–water partition coefficient (Wildman–Crippen LogP) is 0.983. The van der Waals surface area contributed by atoms with Gasteiger partial charge in [0, 0.05) is 23.7 Å². The summed E-state index contributed by atoms with van der Waals surface area (Å²) >= 11 is 0. The van der Waals surface area contributed by atoms with Crippen LogP contribution in [0.2, 0.25) is 0 Å². The standard InChI is InChI=1S/C22H19N5O6/c23-20-13-5-4-11(10-15(13)26-33-20)24-21(30)18(29)19-22(31)27(8-9-32-19)16-3-1-2-14-12(16)6-7-17(28)25-14/h1-7,10,18-19,29H,8-9,23H2,(H,24,30)(H,25,28)/t18-,19-/m1/s1. The highest BCUT2D eigenvalue weighted by molar-refractivity contribution is 6.08. The number of hydrogen-bond acceptors (Lipinski definition) is 8. The summed E-state index contributed by atoms with van der Waals surface area (Å²) in [6, 6.07) is 12.9. The number of anilines is 3. The number of hydrogen-bond donors (Lipinski definition) is 4. The van der Waals surface area contributed by atoms with Crippen molar-refractivity contribution >= 4 is 50.9 Å². The number of rotatable bonds is 4. The summed E-state index contributed by atoms with van der Waals surface area (Å²) in [5.74, 6) is -1.22. The molecule has 4 aromatic rings. The van der Waals surface area contributed by atoms with Crippen LogP contribution in [0.5, 0.6) is 0 Å². The minimum Gasteiger partial charge on any atom is -0.380 e. The summed E-state index contributed by atoms with van der Waals surface area (Å²) < 4.78 is 10.4. The number of ether oxygens (including phenoxy) is 1. The Kier molecular flexibility index (Phi) is 5.04. The van der Waals surface area contributed by atoms with Crippen LogP contribution in [0.25, 0.3) is 21.8 Å². The molecule has 5 rings (SSSR count). The Morgan fingerprint density at radius 3 is 2.88 bits per heavy atom. The molecule has 2 atom stereocenters. The third kappa shape index (κ3) is 3.69. The second kappa shape index (κ2) is 8.04. The summed E-state index contributed by atoms with van der Waals surface area (Å²) in [5.41, 5.74) is 7.29. The van der Waals surface area contributed by atoms with Crippen molar-refractivity contribution in [3.05, 3.63) is 58.9 Å². The third-order valence-corrected chi connectivity index (χ3v) is 5.48. The van der Waals surface area contributed by atoms with E-state index in [0.29, 0.717) is 33.2 Å². The van der Waals surface area contributed by atoms with E-state index in [1.165, 1.54) is 17.0 Å². The van der Waals surface area contributed by atoms with Crippen LogP contribution in [-0.4, -0.2) is 52.4 Å². The molecule has 0 spiro atoms. The number of aromatic nitrogens is 2. The van der Waals surface area contributed by atoms with Gasteiger partial charge >= 0.3 is 0 Å². The number of fused-ring (bicyclic) bond motifs is 2. The lowest BCUT2D eigenvalue weighted by atomic mass is 10.1. The van der Waals surface area contributed by atoms with Gasteiger partial charge in [0.15, 0.2) is 12.2 Å². The molecule has 2 aromatic heterocycles. The quantitative estimate of drug-likeness (QED) is 0.358. The lowest BCUT2D eigenvalue weighted by Gasteiger charge is -2.34. The van der Waals surface area contributed by atoms with Crippen LogP contribution < -0.4 is 21.5 Å². The number of carbonyl (C=O) groups excluding carboxylic acids is 2. The van der Waals surface area contributed by atoms with Crippen molar-refractivity contribution in [2.75, 3.05) is 29.1 Å². The van der Waals surface area contributed by atoms with Gasteiger partial charge in [-0.1, -0.05) is 11.2 Å². The lowest BCUT2D eigenvalue weighted by molar-refractivity contribution is -0.150. The highest BCUT2D eigenvalue weighted by atomic mass is 16.5. The number of amides is 2. The molecule has 0 bridgehead atoms. The molecule has 2 aromatic carbocycles. The van der Waals surface area contributed by atoms with Gasteiger partial charge in [-0.2, -0.15) is 0 Å². The van der Waals surface area contributed by atoms with E-state index < -0.39 is 24.0 Å². The second-order valence-corrected chi connectivity index (χ2v) is 7.56. The number of benzene rings is 2. The van der Waals surface area contributed by atoms with Gasteiger partial charge in [0.25, 0.3) is 11.8 Å². The van der Waals surface area contributed by atoms with E-state index in [9.17, 15) is 19.5 Å². The Labute approximate surface area is 185 Å². The average molecular weight is 449 g/mol. The van der Waals surface area contributed by atoms with Crippen molar-refractivity contribution in [2.45, 2.75) is 12.2 Å². The average Bonchev–Trinajstić information content (AvgIpc) is 3.18. The van der Waals surface area contributed by atoms with Gasteiger partial charge in [0.2, 0.25) is 11.4 Å². The highest BCUT2D eigenvalue weighted by Crippen LogP contribution is 2.28. The molecule has 0 aliphatic carbocycles. The molecule has 2 amide bonds. The topological polar surface area (TPSA) is 164 Å². The summed E-state index contributed by atoms with van der Waals surface area (Å²) in [6.07, 6.45) is -3.16. The van der Waals surface area contributed by atoms with Crippen molar-refractivity contribution in [2.24, 2.45) is 0 Å². The van der Waals surface area contributed by atoms with E-state index in [1.54, 1.807) is 36.4 Å². The van der Waals surface area contributed by atoms with Gasteiger partial charge in [-0.25, -0.2) is 0 Å². The summed E-state index contributed by atoms with van der Waals surface area (Å²) in [7, 11) is 0. The molecular formula is C22H19N5O6. The molecule has 11 heteroatoms. The number of aromatic amines is 1. The fourth-order valence-corrected chi connectivity index (χ4v) is 3.87. The van der Waals surface area contributed by atoms with Crippen LogP contribution >= 0.6 is 0 Å². The van der Waals surface area contributed by atoms with Crippen LogP contribution in [0, 0.1) is 0 Å². The number of nitrogens with one attached hydrogen (secondary N) is 2. The number of morpholine rings is 1. The molecule has 1 aliphatic rings. The van der Waals surface area contributed by atoms with E-state index in [-0.39, 0.29) is 24.6 Å². The molecule has 0 radical (unpaired) electrons. The first kappa shape index (κ1) is 20.7. The Morgan fingerprint density at radius 2 is 2.03 bits per heavy atom. The maximum atomic E-state index is 13.2. The van der Waals surface area contributed by atoms with Crippen molar-refractivity contribution in [3.8, 4) is 0 Å². The first-order chi connectivity index (χ1) is 15.9. The van der Waals surface area contributed by atoms with Gasteiger partial charge in [0.1, 0.15) is 5.52 Å². The predicted molar refractivity (Wildman–Crippen MR) is 120 cm³/mol. The number of nitrogen functional groups attached to an aromatic ring is 1. The van der Waals surface area contributed by atoms with Crippen molar-refractivity contribution in [3.63, 3.8) is 0 Å². The second-order valence-electron chi connectivity index (χ2n) is 7.56. The molecule has 0 unspecified atom stereocenters. The normalized spacial score (nSPS) is 17.4. The van der Waals surface area contributed by atoms with Crippen LogP contribution in [0.1, 0.15) is 0 Å². The molecule has 0 saturated carbocycles. The Balaban J connectivity index is 1.37. The first-order valence-electron chi connectivity index (χ1n) is 10.1. The number of aliphatic hydroxyl groups excluding tert-OH is 1. The zero-order valence-electron chi connectivity index (χ0n) is 17.1. The van der Waals surface area contributed by atoms with E-state index >= 15 is 0 Å². The third-order valence-electron chi connectivity index (χ3n) is 5.48. The van der Waals surface area contributed by atoms with Gasteiger partial charge in [-0.3, -0.25) is 14.4 Å². The van der Waals surface area contributed by atoms with Crippen LogP contribution in [0.3, 0.4) is 0 Å². The Morgan fingerprint density at radius 1 is 1.21 bits per heavy atom. The Bertz CT molecular complexity index is 1440. The summed E-state index contributed by atoms with van der Waals surface area (Å²) in [5, 5.41) is 18.2. The molecule has 33 heavy (non-hydrogen) atoms. The molecule has 168 valence electrons. The number of carbonyl (C=O) groups is 2. The largest absolute Gasteiger partial charge is 0.380 e. The number of aliphatic hydroxyl groups is 1. The van der Waals surface area contributed by atoms with Gasteiger partial charge in [-0.15, -0.1) is 0 Å². The van der Waals surface area contributed by atoms with Crippen molar-refractivity contribution in [1.29, 1.82) is 0 Å². The minimum atomic E-state index is -1.76. The van der Waals surface area contributed by atoms with Crippen LogP contribution in [-0.2, 0) is 14.3 Å². The van der Waals surface area contributed by atoms with Crippen LogP contribution in [0.15, 0.2) is 57.8 Å². The molecule has 1 fully saturated rings. The number of nitrogens with zero attached hydrogens (tertiary/aromatic N) is 2.